The highest BCUT2D eigenvalue weighted by Gasteiger charge is 2.30. The zero-order chi connectivity index (χ0) is 11.4. The van der Waals surface area contributed by atoms with Gasteiger partial charge in [0.2, 0.25) is 5.91 Å². The van der Waals surface area contributed by atoms with E-state index >= 15 is 0 Å². The Hall–Kier alpha value is -1.10. The van der Waals surface area contributed by atoms with Crippen LogP contribution in [0.1, 0.15) is 13.3 Å². The SMILES string of the molecule is CCC(C(=O)O)C(=O)N1CCN(C)CC1. The van der Waals surface area contributed by atoms with Crippen molar-refractivity contribution in [3.05, 3.63) is 0 Å². The van der Waals surface area contributed by atoms with Crippen LogP contribution in [-0.4, -0.2) is 60.0 Å². The lowest BCUT2D eigenvalue weighted by atomic mass is 10.0. The van der Waals surface area contributed by atoms with Crippen molar-refractivity contribution < 1.29 is 14.7 Å². The van der Waals surface area contributed by atoms with Crippen LogP contribution in [0.5, 0.6) is 0 Å². The number of nitrogens with zero attached hydrogens (tertiary/aromatic N) is 2. The van der Waals surface area contributed by atoms with Gasteiger partial charge in [-0.2, -0.15) is 0 Å². The number of amides is 1. The number of rotatable bonds is 3. The second-order valence-electron chi connectivity index (χ2n) is 3.93. The van der Waals surface area contributed by atoms with Crippen molar-refractivity contribution in [1.82, 2.24) is 9.80 Å². The standard InChI is InChI=1S/C10H18N2O3/c1-3-8(10(14)15)9(13)12-6-4-11(2)5-7-12/h8H,3-7H2,1-2H3,(H,14,15). The monoisotopic (exact) mass is 214 g/mol. The van der Waals surface area contributed by atoms with Gasteiger partial charge in [0, 0.05) is 26.2 Å². The molecule has 1 atom stereocenters. The molecule has 1 fully saturated rings. The van der Waals surface area contributed by atoms with Gasteiger partial charge in [0.05, 0.1) is 0 Å². The van der Waals surface area contributed by atoms with Crippen molar-refractivity contribution in [3.8, 4) is 0 Å². The molecule has 1 saturated heterocycles. The second kappa shape index (κ2) is 5.11. The molecule has 0 aromatic rings. The fourth-order valence-corrected chi connectivity index (χ4v) is 1.70. The number of carbonyl (C=O) groups is 2. The fourth-order valence-electron chi connectivity index (χ4n) is 1.70. The van der Waals surface area contributed by atoms with E-state index in [1.165, 1.54) is 0 Å². The largest absolute Gasteiger partial charge is 0.481 e. The molecule has 1 unspecified atom stereocenters. The van der Waals surface area contributed by atoms with E-state index in [9.17, 15) is 9.59 Å². The molecule has 1 N–H and O–H groups in total. The summed E-state index contributed by atoms with van der Waals surface area (Å²) >= 11 is 0. The third kappa shape index (κ3) is 2.92. The zero-order valence-electron chi connectivity index (χ0n) is 9.27. The number of carboxylic acid groups (broad SMARTS) is 1. The normalized spacial score (nSPS) is 20.0. The van der Waals surface area contributed by atoms with Crippen molar-refractivity contribution in [2.75, 3.05) is 33.2 Å². The van der Waals surface area contributed by atoms with Crippen LogP contribution in [0.3, 0.4) is 0 Å². The van der Waals surface area contributed by atoms with E-state index in [-0.39, 0.29) is 5.91 Å². The Kier molecular flexibility index (Phi) is 4.08. The van der Waals surface area contributed by atoms with E-state index in [0.29, 0.717) is 19.5 Å². The summed E-state index contributed by atoms with van der Waals surface area (Å²) in [4.78, 5) is 26.4. The Bertz CT molecular complexity index is 247. The summed E-state index contributed by atoms with van der Waals surface area (Å²) in [7, 11) is 2.00. The van der Waals surface area contributed by atoms with Gasteiger partial charge in [-0.1, -0.05) is 6.92 Å². The third-order valence-electron chi connectivity index (χ3n) is 2.82. The van der Waals surface area contributed by atoms with Gasteiger partial charge >= 0.3 is 5.97 Å². The van der Waals surface area contributed by atoms with Crippen LogP contribution in [0.15, 0.2) is 0 Å². The lowest BCUT2D eigenvalue weighted by Gasteiger charge is -2.33. The highest BCUT2D eigenvalue weighted by atomic mass is 16.4. The number of carboxylic acids is 1. The molecule has 0 spiro atoms. The molecule has 0 bridgehead atoms. The first-order valence-electron chi connectivity index (χ1n) is 5.26. The van der Waals surface area contributed by atoms with Crippen LogP contribution >= 0.6 is 0 Å². The molecule has 1 heterocycles. The van der Waals surface area contributed by atoms with Gasteiger partial charge in [-0.05, 0) is 13.5 Å². The van der Waals surface area contributed by atoms with Gasteiger partial charge in [-0.15, -0.1) is 0 Å². The Morgan fingerprint density at radius 1 is 1.27 bits per heavy atom. The van der Waals surface area contributed by atoms with E-state index < -0.39 is 11.9 Å². The topological polar surface area (TPSA) is 60.9 Å². The molecular formula is C10H18N2O3. The number of aliphatic carboxylic acids is 1. The highest BCUT2D eigenvalue weighted by Crippen LogP contribution is 2.10. The Labute approximate surface area is 89.7 Å². The summed E-state index contributed by atoms with van der Waals surface area (Å²) < 4.78 is 0. The quantitative estimate of drug-likeness (QED) is 0.665. The molecule has 5 nitrogen and oxygen atoms in total. The smallest absolute Gasteiger partial charge is 0.316 e. The van der Waals surface area contributed by atoms with Crippen molar-refractivity contribution in [1.29, 1.82) is 0 Å². The molecule has 0 aliphatic carbocycles. The predicted octanol–water partition coefficient (Wildman–Crippen LogP) is -0.129. The summed E-state index contributed by atoms with van der Waals surface area (Å²) in [6.45, 7) is 4.65. The second-order valence-corrected chi connectivity index (χ2v) is 3.93. The summed E-state index contributed by atoms with van der Waals surface area (Å²) in [6.07, 6.45) is 0.362. The van der Waals surface area contributed by atoms with Gasteiger partial charge in [-0.3, -0.25) is 9.59 Å². The van der Waals surface area contributed by atoms with Crippen molar-refractivity contribution in [2.24, 2.45) is 5.92 Å². The van der Waals surface area contributed by atoms with Gasteiger partial charge in [0.15, 0.2) is 0 Å². The lowest BCUT2D eigenvalue weighted by Crippen LogP contribution is -2.50. The molecule has 0 aromatic heterocycles. The van der Waals surface area contributed by atoms with E-state index in [2.05, 4.69) is 4.90 Å². The average molecular weight is 214 g/mol. The van der Waals surface area contributed by atoms with E-state index in [0.717, 1.165) is 13.1 Å². The Morgan fingerprint density at radius 2 is 1.80 bits per heavy atom. The molecule has 1 amide bonds. The third-order valence-corrected chi connectivity index (χ3v) is 2.82. The number of carbonyl (C=O) groups excluding carboxylic acids is 1. The van der Waals surface area contributed by atoms with E-state index in [1.54, 1.807) is 11.8 Å². The number of hydrogen-bond donors (Lipinski definition) is 1. The molecule has 0 saturated carbocycles. The van der Waals surface area contributed by atoms with Gasteiger partial charge in [-0.25, -0.2) is 0 Å². The average Bonchev–Trinajstić information content (AvgIpc) is 2.19. The van der Waals surface area contributed by atoms with Crippen LogP contribution < -0.4 is 0 Å². The first kappa shape index (κ1) is 12.0. The minimum Gasteiger partial charge on any atom is -0.481 e. The van der Waals surface area contributed by atoms with Crippen LogP contribution in [-0.2, 0) is 9.59 Å². The first-order chi connectivity index (χ1) is 7.06. The summed E-state index contributed by atoms with van der Waals surface area (Å²) in [5.41, 5.74) is 0. The molecule has 5 heteroatoms. The first-order valence-corrected chi connectivity index (χ1v) is 5.26. The maximum atomic E-state index is 11.8. The van der Waals surface area contributed by atoms with Crippen molar-refractivity contribution in [2.45, 2.75) is 13.3 Å². The molecule has 1 rings (SSSR count). The lowest BCUT2D eigenvalue weighted by molar-refractivity contribution is -0.152. The van der Waals surface area contributed by atoms with Crippen molar-refractivity contribution >= 4 is 11.9 Å². The van der Waals surface area contributed by atoms with Gasteiger partial charge in [0.25, 0.3) is 0 Å². The van der Waals surface area contributed by atoms with E-state index in [1.807, 2.05) is 7.05 Å². The van der Waals surface area contributed by atoms with Crippen LogP contribution in [0, 0.1) is 5.92 Å². The van der Waals surface area contributed by atoms with Gasteiger partial charge in [0.1, 0.15) is 5.92 Å². The molecule has 15 heavy (non-hydrogen) atoms. The molecule has 86 valence electrons. The van der Waals surface area contributed by atoms with Crippen LogP contribution in [0.4, 0.5) is 0 Å². The molecule has 1 aliphatic rings. The minimum atomic E-state index is -1.01. The molecular weight excluding hydrogens is 196 g/mol. The summed E-state index contributed by atoms with van der Waals surface area (Å²) in [5, 5.41) is 8.87. The Balaban J connectivity index is 2.55. The molecule has 0 aromatic carbocycles. The zero-order valence-corrected chi connectivity index (χ0v) is 9.27. The fraction of sp³-hybridized carbons (Fsp3) is 0.800. The summed E-state index contributed by atoms with van der Waals surface area (Å²) in [5.74, 6) is -2.12. The van der Waals surface area contributed by atoms with E-state index in [4.69, 9.17) is 5.11 Å². The molecule has 1 aliphatic heterocycles. The van der Waals surface area contributed by atoms with Crippen LogP contribution in [0.25, 0.3) is 0 Å². The van der Waals surface area contributed by atoms with Crippen molar-refractivity contribution in [3.63, 3.8) is 0 Å². The minimum absolute atomic E-state index is 0.238. The maximum absolute atomic E-state index is 11.8. The Morgan fingerprint density at radius 3 is 2.20 bits per heavy atom. The molecule has 0 radical (unpaired) electrons. The number of likely N-dealkylation sites (N-methyl/N-ethyl adjacent to an activating group) is 1. The predicted molar refractivity (Wildman–Crippen MR) is 55.5 cm³/mol. The summed E-state index contributed by atoms with van der Waals surface area (Å²) in [6, 6.07) is 0. The highest BCUT2D eigenvalue weighted by molar-refractivity contribution is 5.96. The maximum Gasteiger partial charge on any atom is 0.316 e. The van der Waals surface area contributed by atoms with Gasteiger partial charge < -0.3 is 14.9 Å². The van der Waals surface area contributed by atoms with Crippen LogP contribution in [0.2, 0.25) is 0 Å². The number of hydrogen-bond acceptors (Lipinski definition) is 3. The number of piperazine rings is 1.